The highest BCUT2D eigenvalue weighted by molar-refractivity contribution is 7.99. The van der Waals surface area contributed by atoms with E-state index in [-0.39, 0.29) is 0 Å². The van der Waals surface area contributed by atoms with Crippen molar-refractivity contribution in [2.45, 2.75) is 42.4 Å². The van der Waals surface area contributed by atoms with Crippen LogP contribution in [0.1, 0.15) is 32.6 Å². The number of aromatic nitrogens is 1. The van der Waals surface area contributed by atoms with Crippen LogP contribution in [-0.2, 0) is 0 Å². The van der Waals surface area contributed by atoms with Gasteiger partial charge in [0.2, 0.25) is 0 Å². The van der Waals surface area contributed by atoms with Gasteiger partial charge in [-0.05, 0) is 36.6 Å². The van der Waals surface area contributed by atoms with E-state index < -0.39 is 0 Å². The molecule has 0 radical (unpaired) electrons. The maximum Gasteiger partial charge on any atom is 0.0848 e. The fraction of sp³-hybridized carbons (Fsp3) is 0.438. The molecule has 1 heterocycles. The Hall–Kier alpha value is -0.670. The van der Waals surface area contributed by atoms with Gasteiger partial charge in [-0.1, -0.05) is 32.3 Å². The van der Waals surface area contributed by atoms with Crippen LogP contribution in [0, 0.1) is 0 Å². The van der Waals surface area contributed by atoms with Crippen LogP contribution in [0.2, 0.25) is 0 Å². The topological polar surface area (TPSA) is 12.9 Å². The van der Waals surface area contributed by atoms with E-state index in [9.17, 15) is 0 Å². The van der Waals surface area contributed by atoms with Crippen LogP contribution >= 0.6 is 23.5 Å². The normalized spacial score (nSPS) is 11.1. The number of fused-ring (bicyclic) bond motifs is 1. The molecular weight excluding hydrogens is 270 g/mol. The first-order chi connectivity index (χ1) is 9.36. The van der Waals surface area contributed by atoms with Crippen molar-refractivity contribution in [3.8, 4) is 0 Å². The lowest BCUT2D eigenvalue weighted by Gasteiger charge is -2.08. The summed E-state index contributed by atoms with van der Waals surface area (Å²) >= 11 is 3.74. The number of hydrogen-bond acceptors (Lipinski definition) is 3. The molecule has 0 spiro atoms. The first-order valence-corrected chi connectivity index (χ1v) is 9.12. The van der Waals surface area contributed by atoms with E-state index in [4.69, 9.17) is 0 Å². The Balaban J connectivity index is 2.11. The van der Waals surface area contributed by atoms with Crippen molar-refractivity contribution in [2.24, 2.45) is 0 Å². The molecule has 2 aromatic rings. The zero-order valence-electron chi connectivity index (χ0n) is 11.7. The van der Waals surface area contributed by atoms with Crippen LogP contribution in [-0.4, -0.2) is 17.0 Å². The third-order valence-corrected chi connectivity index (χ3v) is 5.10. The molecule has 102 valence electrons. The second-order valence-corrected chi connectivity index (χ2v) is 6.56. The SMILES string of the molecule is CCCCCCSc1ccc(SC)c2ncccc12. The Morgan fingerprint density at radius 2 is 1.89 bits per heavy atom. The standard InChI is InChI=1S/C16H21NS2/c1-3-4-5-6-12-19-14-9-10-15(18-2)16-13(14)8-7-11-17-16/h7-11H,3-6,12H2,1-2H3. The van der Waals surface area contributed by atoms with Gasteiger partial charge in [-0.15, -0.1) is 23.5 Å². The fourth-order valence-corrected chi connectivity index (χ4v) is 3.74. The van der Waals surface area contributed by atoms with E-state index in [2.05, 4.69) is 36.4 Å². The summed E-state index contributed by atoms with van der Waals surface area (Å²) in [5, 5.41) is 1.30. The first kappa shape index (κ1) is 14.7. The average molecular weight is 291 g/mol. The van der Waals surface area contributed by atoms with Crippen molar-refractivity contribution in [1.82, 2.24) is 4.98 Å². The fourth-order valence-electron chi connectivity index (χ4n) is 2.12. The predicted octanol–water partition coefficient (Wildman–Crippen LogP) is 5.63. The lowest BCUT2D eigenvalue weighted by Crippen LogP contribution is -1.86. The molecule has 2 rings (SSSR count). The molecule has 1 aromatic carbocycles. The summed E-state index contributed by atoms with van der Waals surface area (Å²) in [4.78, 5) is 7.18. The molecule has 3 heteroatoms. The minimum Gasteiger partial charge on any atom is -0.255 e. The number of nitrogens with zero attached hydrogens (tertiary/aromatic N) is 1. The van der Waals surface area contributed by atoms with Crippen molar-refractivity contribution in [1.29, 1.82) is 0 Å². The zero-order chi connectivity index (χ0) is 13.5. The molecule has 0 bridgehead atoms. The van der Waals surface area contributed by atoms with Crippen LogP contribution in [0.5, 0.6) is 0 Å². The molecule has 0 N–H and O–H groups in total. The van der Waals surface area contributed by atoms with Gasteiger partial charge in [-0.25, -0.2) is 0 Å². The molecule has 0 aliphatic heterocycles. The van der Waals surface area contributed by atoms with Crippen LogP contribution in [0.3, 0.4) is 0 Å². The highest BCUT2D eigenvalue weighted by Crippen LogP contribution is 2.33. The van der Waals surface area contributed by atoms with E-state index in [0.717, 1.165) is 5.52 Å². The minimum absolute atomic E-state index is 1.15. The van der Waals surface area contributed by atoms with Crippen molar-refractivity contribution >= 4 is 34.4 Å². The quantitative estimate of drug-likeness (QED) is 0.485. The molecule has 0 aliphatic rings. The molecular formula is C16H21NS2. The lowest BCUT2D eigenvalue weighted by atomic mass is 10.2. The van der Waals surface area contributed by atoms with Crippen molar-refractivity contribution in [2.75, 3.05) is 12.0 Å². The summed E-state index contributed by atoms with van der Waals surface area (Å²) in [6, 6.07) is 8.68. The van der Waals surface area contributed by atoms with E-state index >= 15 is 0 Å². The van der Waals surface area contributed by atoms with Crippen LogP contribution in [0.15, 0.2) is 40.3 Å². The summed E-state index contributed by atoms with van der Waals surface area (Å²) < 4.78 is 0. The molecule has 1 aromatic heterocycles. The van der Waals surface area contributed by atoms with Gasteiger partial charge in [-0.3, -0.25) is 4.98 Å². The predicted molar refractivity (Wildman–Crippen MR) is 88.4 cm³/mol. The second kappa shape index (κ2) is 7.81. The Bertz CT molecular complexity index is 525. The lowest BCUT2D eigenvalue weighted by molar-refractivity contribution is 0.706. The smallest absolute Gasteiger partial charge is 0.0848 e. The van der Waals surface area contributed by atoms with Gasteiger partial charge in [0.15, 0.2) is 0 Å². The Labute approximate surface area is 124 Å². The zero-order valence-corrected chi connectivity index (χ0v) is 13.3. The van der Waals surface area contributed by atoms with Gasteiger partial charge in [0.1, 0.15) is 0 Å². The maximum absolute atomic E-state index is 4.54. The second-order valence-electron chi connectivity index (χ2n) is 4.57. The summed E-state index contributed by atoms with van der Waals surface area (Å²) in [7, 11) is 0. The largest absolute Gasteiger partial charge is 0.255 e. The average Bonchev–Trinajstić information content (AvgIpc) is 2.47. The molecule has 0 saturated carbocycles. The molecule has 0 fully saturated rings. The maximum atomic E-state index is 4.54. The number of thioether (sulfide) groups is 2. The Morgan fingerprint density at radius 3 is 2.68 bits per heavy atom. The van der Waals surface area contributed by atoms with Crippen LogP contribution in [0.4, 0.5) is 0 Å². The van der Waals surface area contributed by atoms with Gasteiger partial charge in [0.05, 0.1) is 5.52 Å². The highest BCUT2D eigenvalue weighted by Gasteiger charge is 2.06. The first-order valence-electron chi connectivity index (χ1n) is 6.91. The molecule has 1 nitrogen and oxygen atoms in total. The number of unbranched alkanes of at least 4 members (excludes halogenated alkanes) is 3. The minimum atomic E-state index is 1.15. The van der Waals surface area contributed by atoms with Crippen molar-refractivity contribution < 1.29 is 0 Å². The van der Waals surface area contributed by atoms with Crippen LogP contribution in [0.25, 0.3) is 10.9 Å². The molecule has 0 amide bonds. The third-order valence-electron chi connectivity index (χ3n) is 3.17. The van der Waals surface area contributed by atoms with Crippen molar-refractivity contribution in [3.05, 3.63) is 30.5 Å². The van der Waals surface area contributed by atoms with E-state index in [1.807, 2.05) is 24.0 Å². The summed E-state index contributed by atoms with van der Waals surface area (Å²) in [5.74, 6) is 1.21. The van der Waals surface area contributed by atoms with Gasteiger partial charge >= 0.3 is 0 Å². The van der Waals surface area contributed by atoms with E-state index in [0.29, 0.717) is 0 Å². The monoisotopic (exact) mass is 291 g/mol. The van der Waals surface area contributed by atoms with E-state index in [1.54, 1.807) is 11.8 Å². The number of rotatable bonds is 7. The summed E-state index contributed by atoms with van der Waals surface area (Å²) in [6.45, 7) is 2.26. The van der Waals surface area contributed by atoms with Gasteiger partial charge in [0, 0.05) is 21.4 Å². The highest BCUT2D eigenvalue weighted by atomic mass is 32.2. The summed E-state index contributed by atoms with van der Waals surface area (Å²) in [6.07, 6.45) is 9.32. The molecule has 0 aliphatic carbocycles. The molecule has 0 unspecified atom stereocenters. The molecule has 19 heavy (non-hydrogen) atoms. The van der Waals surface area contributed by atoms with Gasteiger partial charge < -0.3 is 0 Å². The number of hydrogen-bond donors (Lipinski definition) is 0. The number of pyridine rings is 1. The van der Waals surface area contributed by atoms with Gasteiger partial charge in [0.25, 0.3) is 0 Å². The van der Waals surface area contributed by atoms with Gasteiger partial charge in [-0.2, -0.15) is 0 Å². The van der Waals surface area contributed by atoms with Crippen LogP contribution < -0.4 is 0 Å². The van der Waals surface area contributed by atoms with E-state index in [1.165, 1.54) is 46.6 Å². The third kappa shape index (κ3) is 3.90. The Morgan fingerprint density at radius 1 is 1.05 bits per heavy atom. The molecule has 0 saturated heterocycles. The van der Waals surface area contributed by atoms with Crippen molar-refractivity contribution in [3.63, 3.8) is 0 Å². The Kier molecular flexibility index (Phi) is 6.05. The number of benzene rings is 1. The summed E-state index contributed by atoms with van der Waals surface area (Å²) in [5.41, 5.74) is 1.15. The molecule has 0 atom stereocenters.